The van der Waals surface area contributed by atoms with Gasteiger partial charge in [0.25, 0.3) is 0 Å². The molecule has 0 aliphatic rings. The van der Waals surface area contributed by atoms with Gasteiger partial charge in [-0.25, -0.2) is 0 Å². The topological polar surface area (TPSA) is 20.3 Å². The van der Waals surface area contributed by atoms with E-state index in [4.69, 9.17) is 34.8 Å². The van der Waals surface area contributed by atoms with Gasteiger partial charge in [0.05, 0.1) is 0 Å². The van der Waals surface area contributed by atoms with Crippen LogP contribution in [0.1, 0.15) is 6.92 Å². The Morgan fingerprint density at radius 1 is 1.33 bits per heavy atom. The number of amides is 1. The van der Waals surface area contributed by atoms with E-state index in [1.54, 1.807) is 11.8 Å². The minimum atomic E-state index is -0.503. The molecule has 0 rings (SSSR count). The van der Waals surface area contributed by atoms with Crippen molar-refractivity contribution in [3.63, 3.8) is 0 Å². The zero-order valence-corrected chi connectivity index (χ0v) is 9.16. The lowest BCUT2D eigenvalue weighted by atomic mass is 10.4. The van der Waals surface area contributed by atoms with Gasteiger partial charge in [-0.3, -0.25) is 4.79 Å². The Hall–Kier alpha value is 0.340. The van der Waals surface area contributed by atoms with Gasteiger partial charge in [-0.1, -0.05) is 0 Å². The van der Waals surface area contributed by atoms with E-state index in [9.17, 15) is 4.79 Å². The Morgan fingerprint density at radius 2 is 1.75 bits per heavy atom. The quantitative estimate of drug-likeness (QED) is 0.663. The first-order chi connectivity index (χ1) is 5.63. The van der Waals surface area contributed by atoms with E-state index < -0.39 is 5.38 Å². The van der Waals surface area contributed by atoms with Gasteiger partial charge in [0.15, 0.2) is 0 Å². The van der Waals surface area contributed by atoms with Crippen molar-refractivity contribution >= 4 is 40.7 Å². The maximum Gasteiger partial charge on any atom is 0.240 e. The van der Waals surface area contributed by atoms with Crippen molar-refractivity contribution in [2.75, 3.05) is 24.8 Å². The number of hydrogen-bond acceptors (Lipinski definition) is 1. The van der Waals surface area contributed by atoms with Crippen LogP contribution >= 0.6 is 34.8 Å². The number of alkyl halides is 3. The second-order valence-electron chi connectivity index (χ2n) is 2.32. The van der Waals surface area contributed by atoms with E-state index in [0.717, 1.165) is 0 Å². The second kappa shape index (κ2) is 6.81. The Bertz CT molecular complexity index is 135. The van der Waals surface area contributed by atoms with Crippen LogP contribution in [0, 0.1) is 0 Å². The first-order valence-electron chi connectivity index (χ1n) is 3.68. The zero-order valence-electron chi connectivity index (χ0n) is 6.90. The largest absolute Gasteiger partial charge is 0.339 e. The van der Waals surface area contributed by atoms with Crippen molar-refractivity contribution < 1.29 is 4.79 Å². The van der Waals surface area contributed by atoms with Crippen molar-refractivity contribution in [2.24, 2.45) is 0 Å². The molecule has 1 amide bonds. The van der Waals surface area contributed by atoms with Gasteiger partial charge < -0.3 is 4.90 Å². The minimum Gasteiger partial charge on any atom is -0.339 e. The highest BCUT2D eigenvalue weighted by Gasteiger charge is 2.16. The maximum atomic E-state index is 11.3. The number of rotatable bonds is 5. The molecule has 0 heterocycles. The third-order valence-corrected chi connectivity index (χ3v) is 1.89. The molecule has 0 aliphatic heterocycles. The van der Waals surface area contributed by atoms with E-state index in [2.05, 4.69) is 0 Å². The van der Waals surface area contributed by atoms with Crippen molar-refractivity contribution in [2.45, 2.75) is 12.3 Å². The highest BCUT2D eigenvalue weighted by Crippen LogP contribution is 2.02. The number of nitrogens with zero attached hydrogens (tertiary/aromatic N) is 1. The lowest BCUT2D eigenvalue weighted by molar-refractivity contribution is -0.130. The molecule has 2 nitrogen and oxygen atoms in total. The van der Waals surface area contributed by atoms with Crippen molar-refractivity contribution in [3.05, 3.63) is 0 Å². The lowest BCUT2D eigenvalue weighted by Crippen LogP contribution is -2.38. The van der Waals surface area contributed by atoms with E-state index in [1.165, 1.54) is 0 Å². The Labute approximate surface area is 87.8 Å². The first-order valence-corrected chi connectivity index (χ1v) is 5.18. The Kier molecular flexibility index (Phi) is 7.01. The van der Waals surface area contributed by atoms with Crippen LogP contribution in [-0.2, 0) is 4.79 Å². The second-order valence-corrected chi connectivity index (χ2v) is 3.73. The molecule has 1 unspecified atom stereocenters. The molecule has 0 radical (unpaired) electrons. The van der Waals surface area contributed by atoms with Crippen molar-refractivity contribution in [1.82, 2.24) is 4.90 Å². The van der Waals surface area contributed by atoms with Crippen molar-refractivity contribution in [3.8, 4) is 0 Å². The number of carbonyl (C=O) groups excluding carboxylic acids is 1. The average molecular weight is 233 g/mol. The summed E-state index contributed by atoms with van der Waals surface area (Å²) in [7, 11) is 0. The summed E-state index contributed by atoms with van der Waals surface area (Å²) < 4.78 is 0. The summed E-state index contributed by atoms with van der Waals surface area (Å²) in [4.78, 5) is 12.9. The molecule has 0 aromatic carbocycles. The summed E-state index contributed by atoms with van der Waals surface area (Å²) in [6, 6.07) is 0. The minimum absolute atomic E-state index is 0.113. The maximum absolute atomic E-state index is 11.3. The molecule has 5 heteroatoms. The number of halogens is 3. The SMILES string of the molecule is CC(Cl)C(=O)N(CCCl)CCCl. The predicted molar refractivity (Wildman–Crippen MR) is 53.3 cm³/mol. The van der Waals surface area contributed by atoms with Gasteiger partial charge in [0.2, 0.25) is 5.91 Å². The summed E-state index contributed by atoms with van der Waals surface area (Å²) in [5.41, 5.74) is 0. The third-order valence-electron chi connectivity index (χ3n) is 1.36. The van der Waals surface area contributed by atoms with Crippen LogP contribution in [0.2, 0.25) is 0 Å². The van der Waals surface area contributed by atoms with E-state index >= 15 is 0 Å². The monoisotopic (exact) mass is 231 g/mol. The average Bonchev–Trinajstić information content (AvgIpc) is 2.03. The van der Waals surface area contributed by atoms with Crippen LogP contribution < -0.4 is 0 Å². The van der Waals surface area contributed by atoms with Gasteiger partial charge in [-0.2, -0.15) is 0 Å². The van der Waals surface area contributed by atoms with Crippen LogP contribution in [0.25, 0.3) is 0 Å². The molecule has 0 aromatic rings. The molecule has 0 N–H and O–H groups in total. The van der Waals surface area contributed by atoms with Crippen LogP contribution in [0.4, 0.5) is 0 Å². The summed E-state index contributed by atoms with van der Waals surface area (Å²) in [6.45, 7) is 2.65. The first kappa shape index (κ1) is 12.3. The van der Waals surface area contributed by atoms with E-state index in [0.29, 0.717) is 24.8 Å². The summed E-state index contributed by atoms with van der Waals surface area (Å²) in [5, 5.41) is -0.503. The molecule has 0 saturated carbocycles. The molecule has 1 atom stereocenters. The normalized spacial score (nSPS) is 12.7. The molecule has 0 bridgehead atoms. The lowest BCUT2D eigenvalue weighted by Gasteiger charge is -2.21. The predicted octanol–water partition coefficient (Wildman–Crippen LogP) is 1.92. The molecule has 0 spiro atoms. The van der Waals surface area contributed by atoms with Crippen LogP contribution in [-0.4, -0.2) is 41.0 Å². The fourth-order valence-corrected chi connectivity index (χ4v) is 1.33. The molecule has 0 saturated heterocycles. The zero-order chi connectivity index (χ0) is 9.56. The van der Waals surface area contributed by atoms with Gasteiger partial charge in [0, 0.05) is 24.8 Å². The molecular weight excluding hydrogens is 220 g/mol. The highest BCUT2D eigenvalue weighted by atomic mass is 35.5. The van der Waals surface area contributed by atoms with Crippen molar-refractivity contribution in [1.29, 1.82) is 0 Å². The molecule has 0 aromatic heterocycles. The molecule has 0 aliphatic carbocycles. The summed E-state index contributed by atoms with van der Waals surface area (Å²) in [6.07, 6.45) is 0. The fourth-order valence-electron chi connectivity index (χ4n) is 0.788. The van der Waals surface area contributed by atoms with Gasteiger partial charge in [-0.05, 0) is 6.92 Å². The molecule has 0 fully saturated rings. The summed E-state index contributed by atoms with van der Waals surface area (Å²) >= 11 is 16.6. The summed E-state index contributed by atoms with van der Waals surface area (Å²) in [5.74, 6) is 0.705. The number of hydrogen-bond donors (Lipinski definition) is 0. The van der Waals surface area contributed by atoms with E-state index in [-0.39, 0.29) is 5.91 Å². The third kappa shape index (κ3) is 4.39. The number of carbonyl (C=O) groups is 1. The molecule has 72 valence electrons. The van der Waals surface area contributed by atoms with Crippen LogP contribution in [0.3, 0.4) is 0 Å². The van der Waals surface area contributed by atoms with Crippen LogP contribution in [0.5, 0.6) is 0 Å². The van der Waals surface area contributed by atoms with Crippen LogP contribution in [0.15, 0.2) is 0 Å². The van der Waals surface area contributed by atoms with Gasteiger partial charge in [0.1, 0.15) is 5.38 Å². The smallest absolute Gasteiger partial charge is 0.240 e. The van der Waals surface area contributed by atoms with E-state index in [1.807, 2.05) is 0 Å². The molecule has 12 heavy (non-hydrogen) atoms. The highest BCUT2D eigenvalue weighted by molar-refractivity contribution is 6.30. The fraction of sp³-hybridized carbons (Fsp3) is 0.857. The standard InChI is InChI=1S/C7H12Cl3NO/c1-6(10)7(12)11(4-2-8)5-3-9/h6H,2-5H2,1H3. The van der Waals surface area contributed by atoms with Gasteiger partial charge >= 0.3 is 0 Å². The Balaban J connectivity index is 3.99. The Morgan fingerprint density at radius 3 is 2.00 bits per heavy atom. The molecular formula is C7H12Cl3NO. The van der Waals surface area contributed by atoms with Gasteiger partial charge in [-0.15, -0.1) is 34.8 Å².